The van der Waals surface area contributed by atoms with Crippen LogP contribution in [-0.2, 0) is 16.4 Å². The van der Waals surface area contributed by atoms with Crippen LogP contribution in [0, 0.1) is 0 Å². The number of nitrogens with one attached hydrogen (secondary N) is 1. The lowest BCUT2D eigenvalue weighted by atomic mass is 10.4. The van der Waals surface area contributed by atoms with Crippen LogP contribution in [0.15, 0.2) is 16.3 Å². The van der Waals surface area contributed by atoms with E-state index < -0.39 is 10.0 Å². The molecule has 0 aliphatic carbocycles. The van der Waals surface area contributed by atoms with Gasteiger partial charge in [0.05, 0.1) is 0 Å². The molecule has 0 spiro atoms. The number of thiophene rings is 1. The van der Waals surface area contributed by atoms with Crippen molar-refractivity contribution < 1.29 is 13.2 Å². The second-order valence-electron chi connectivity index (χ2n) is 5.92. The standard InChI is InChI=1S/C15H25N3O3S2/c1-4-13-6-7-14(22-13)23(20,21)18-9-5-8-17(10-11-18)15(19)16-12(2)3/h6-7,12H,4-5,8-11H2,1-3H3,(H,16,19). The molecule has 0 radical (unpaired) electrons. The van der Waals surface area contributed by atoms with Crippen LogP contribution < -0.4 is 5.32 Å². The van der Waals surface area contributed by atoms with Gasteiger partial charge in [-0.05, 0) is 38.8 Å². The Morgan fingerprint density at radius 2 is 2.00 bits per heavy atom. The van der Waals surface area contributed by atoms with Crippen LogP contribution in [-0.4, -0.2) is 55.9 Å². The quantitative estimate of drug-likeness (QED) is 0.895. The maximum atomic E-state index is 12.7. The normalized spacial score (nSPS) is 17.3. The summed E-state index contributed by atoms with van der Waals surface area (Å²) >= 11 is 1.33. The zero-order valence-corrected chi connectivity index (χ0v) is 15.5. The maximum absolute atomic E-state index is 12.7. The van der Waals surface area contributed by atoms with Crippen LogP contribution in [0.2, 0.25) is 0 Å². The molecule has 1 saturated heterocycles. The second kappa shape index (κ2) is 7.63. The molecule has 0 aromatic carbocycles. The lowest BCUT2D eigenvalue weighted by Gasteiger charge is -2.23. The highest BCUT2D eigenvalue weighted by Crippen LogP contribution is 2.26. The Kier molecular flexibility index (Phi) is 6.05. The lowest BCUT2D eigenvalue weighted by molar-refractivity contribution is 0.198. The first-order valence-electron chi connectivity index (χ1n) is 7.99. The first-order valence-corrected chi connectivity index (χ1v) is 10.2. The molecule has 1 aromatic heterocycles. The molecule has 1 N–H and O–H groups in total. The summed E-state index contributed by atoms with van der Waals surface area (Å²) in [7, 11) is -3.45. The van der Waals surface area contributed by atoms with E-state index in [1.54, 1.807) is 11.0 Å². The Balaban J connectivity index is 2.06. The highest BCUT2D eigenvalue weighted by Gasteiger charge is 2.29. The summed E-state index contributed by atoms with van der Waals surface area (Å²) in [4.78, 5) is 14.8. The summed E-state index contributed by atoms with van der Waals surface area (Å²) in [5.41, 5.74) is 0. The summed E-state index contributed by atoms with van der Waals surface area (Å²) in [6.45, 7) is 7.63. The number of nitrogens with zero attached hydrogens (tertiary/aromatic N) is 2. The molecule has 0 saturated carbocycles. The zero-order chi connectivity index (χ0) is 17.0. The van der Waals surface area contributed by atoms with E-state index in [1.165, 1.54) is 15.6 Å². The van der Waals surface area contributed by atoms with E-state index >= 15 is 0 Å². The highest BCUT2D eigenvalue weighted by molar-refractivity contribution is 7.91. The molecule has 8 heteroatoms. The van der Waals surface area contributed by atoms with Gasteiger partial charge in [0.15, 0.2) is 0 Å². The first-order chi connectivity index (χ1) is 10.8. The minimum Gasteiger partial charge on any atom is -0.336 e. The second-order valence-corrected chi connectivity index (χ2v) is 9.26. The number of amides is 2. The van der Waals surface area contributed by atoms with E-state index in [1.807, 2.05) is 26.8 Å². The Bertz CT molecular complexity index is 640. The molecule has 130 valence electrons. The van der Waals surface area contributed by atoms with Crippen molar-refractivity contribution in [3.05, 3.63) is 17.0 Å². The molecule has 23 heavy (non-hydrogen) atoms. The fourth-order valence-electron chi connectivity index (χ4n) is 2.49. The summed E-state index contributed by atoms with van der Waals surface area (Å²) in [5, 5.41) is 2.86. The van der Waals surface area contributed by atoms with Crippen molar-refractivity contribution in [3.8, 4) is 0 Å². The van der Waals surface area contributed by atoms with Crippen molar-refractivity contribution in [2.75, 3.05) is 26.2 Å². The smallest absolute Gasteiger partial charge is 0.317 e. The average Bonchev–Trinajstić information content (AvgIpc) is 2.83. The molecular formula is C15H25N3O3S2. The molecule has 0 unspecified atom stereocenters. The monoisotopic (exact) mass is 359 g/mol. The van der Waals surface area contributed by atoms with Crippen molar-refractivity contribution in [2.45, 2.75) is 43.9 Å². The number of sulfonamides is 1. The van der Waals surface area contributed by atoms with Gasteiger partial charge in [0.25, 0.3) is 10.0 Å². The van der Waals surface area contributed by atoms with E-state index in [0.717, 1.165) is 11.3 Å². The number of rotatable bonds is 4. The molecule has 0 bridgehead atoms. The number of hydrogen-bond acceptors (Lipinski definition) is 4. The van der Waals surface area contributed by atoms with E-state index in [0.29, 0.717) is 36.8 Å². The maximum Gasteiger partial charge on any atom is 0.317 e. The van der Waals surface area contributed by atoms with Crippen molar-refractivity contribution in [3.63, 3.8) is 0 Å². The third-order valence-corrected chi connectivity index (χ3v) is 7.33. The van der Waals surface area contributed by atoms with Gasteiger partial charge in [0.2, 0.25) is 0 Å². The van der Waals surface area contributed by atoms with E-state index in [-0.39, 0.29) is 12.1 Å². The fraction of sp³-hybridized carbons (Fsp3) is 0.667. The molecule has 2 rings (SSSR count). The lowest BCUT2D eigenvalue weighted by Crippen LogP contribution is -2.44. The Hall–Kier alpha value is -1.12. The van der Waals surface area contributed by atoms with Gasteiger partial charge in [-0.3, -0.25) is 0 Å². The first kappa shape index (κ1) is 18.2. The molecule has 1 aromatic rings. The van der Waals surface area contributed by atoms with Crippen molar-refractivity contribution in [1.29, 1.82) is 0 Å². The van der Waals surface area contributed by atoms with Crippen LogP contribution >= 0.6 is 11.3 Å². The third kappa shape index (κ3) is 4.45. The Morgan fingerprint density at radius 1 is 1.26 bits per heavy atom. The minimum atomic E-state index is -3.45. The molecule has 2 heterocycles. The van der Waals surface area contributed by atoms with Gasteiger partial charge in [-0.1, -0.05) is 6.92 Å². The van der Waals surface area contributed by atoms with E-state index in [4.69, 9.17) is 0 Å². The van der Waals surface area contributed by atoms with Gasteiger partial charge in [-0.2, -0.15) is 4.31 Å². The largest absolute Gasteiger partial charge is 0.336 e. The van der Waals surface area contributed by atoms with Crippen LogP contribution in [0.25, 0.3) is 0 Å². The van der Waals surface area contributed by atoms with Gasteiger partial charge >= 0.3 is 6.03 Å². The van der Waals surface area contributed by atoms with Gasteiger partial charge in [-0.15, -0.1) is 11.3 Å². The third-order valence-electron chi connectivity index (χ3n) is 3.73. The number of carbonyl (C=O) groups is 1. The summed E-state index contributed by atoms with van der Waals surface area (Å²) in [5.74, 6) is 0. The molecule has 1 aliphatic heterocycles. The summed E-state index contributed by atoms with van der Waals surface area (Å²) in [6.07, 6.45) is 1.49. The van der Waals surface area contributed by atoms with Crippen molar-refractivity contribution >= 4 is 27.4 Å². The van der Waals surface area contributed by atoms with Crippen molar-refractivity contribution in [2.24, 2.45) is 0 Å². The van der Waals surface area contributed by atoms with Gasteiger partial charge in [-0.25, -0.2) is 13.2 Å². The SMILES string of the molecule is CCc1ccc(S(=O)(=O)N2CCCN(C(=O)NC(C)C)CC2)s1. The molecule has 1 aliphatic rings. The predicted octanol–water partition coefficient (Wildman–Crippen LogP) is 2.12. The Labute approximate surface area is 142 Å². The number of carbonyl (C=O) groups excluding carboxylic acids is 1. The zero-order valence-electron chi connectivity index (χ0n) is 13.9. The average molecular weight is 360 g/mol. The topological polar surface area (TPSA) is 69.7 Å². The van der Waals surface area contributed by atoms with Gasteiger partial charge < -0.3 is 10.2 Å². The van der Waals surface area contributed by atoms with E-state index in [2.05, 4.69) is 5.32 Å². The Morgan fingerprint density at radius 3 is 2.61 bits per heavy atom. The van der Waals surface area contributed by atoms with Gasteiger partial charge in [0, 0.05) is 37.1 Å². The number of hydrogen-bond donors (Lipinski definition) is 1. The fourth-order valence-corrected chi connectivity index (χ4v) is 5.41. The molecular weight excluding hydrogens is 334 g/mol. The van der Waals surface area contributed by atoms with Crippen LogP contribution in [0.1, 0.15) is 32.1 Å². The molecule has 6 nitrogen and oxygen atoms in total. The predicted molar refractivity (Wildman–Crippen MR) is 92.3 cm³/mol. The van der Waals surface area contributed by atoms with Gasteiger partial charge in [0.1, 0.15) is 4.21 Å². The summed E-state index contributed by atoms with van der Waals surface area (Å²) < 4.78 is 27.4. The van der Waals surface area contributed by atoms with Crippen LogP contribution in [0.4, 0.5) is 4.79 Å². The number of aryl methyl sites for hydroxylation is 1. The highest BCUT2D eigenvalue weighted by atomic mass is 32.2. The van der Waals surface area contributed by atoms with Crippen LogP contribution in [0.3, 0.4) is 0 Å². The number of urea groups is 1. The van der Waals surface area contributed by atoms with E-state index in [9.17, 15) is 13.2 Å². The van der Waals surface area contributed by atoms with Crippen molar-refractivity contribution in [1.82, 2.24) is 14.5 Å². The molecule has 0 atom stereocenters. The molecule has 2 amide bonds. The minimum absolute atomic E-state index is 0.0733. The summed E-state index contributed by atoms with van der Waals surface area (Å²) in [6, 6.07) is 3.51. The molecule has 1 fully saturated rings. The van der Waals surface area contributed by atoms with Crippen LogP contribution in [0.5, 0.6) is 0 Å².